The van der Waals surface area contributed by atoms with E-state index in [2.05, 4.69) is 17.1 Å². The molecule has 20 heavy (non-hydrogen) atoms. The van der Waals surface area contributed by atoms with Crippen molar-refractivity contribution in [2.24, 2.45) is 0 Å². The van der Waals surface area contributed by atoms with E-state index in [1.165, 1.54) is 6.07 Å². The number of nitrogens with zero attached hydrogens (tertiary/aromatic N) is 1. The van der Waals surface area contributed by atoms with Gasteiger partial charge in [-0.1, -0.05) is 13.0 Å². The van der Waals surface area contributed by atoms with Crippen LogP contribution in [0.25, 0.3) is 0 Å². The maximum atomic E-state index is 12.8. The maximum Gasteiger partial charge on any atom is 0.416 e. The summed E-state index contributed by atoms with van der Waals surface area (Å²) in [4.78, 5) is 2.07. The van der Waals surface area contributed by atoms with Crippen molar-refractivity contribution in [3.63, 3.8) is 0 Å². The van der Waals surface area contributed by atoms with Crippen LogP contribution in [-0.2, 0) is 6.18 Å². The molecule has 0 aliphatic carbocycles. The minimum Gasteiger partial charge on any atom is -0.371 e. The smallest absolute Gasteiger partial charge is 0.371 e. The Kier molecular flexibility index (Phi) is 4.58. The van der Waals surface area contributed by atoms with Crippen molar-refractivity contribution in [1.29, 1.82) is 0 Å². The Morgan fingerprint density at radius 3 is 2.45 bits per heavy atom. The predicted octanol–water partition coefficient (Wildman–Crippen LogP) is 3.59. The number of halogens is 3. The van der Waals surface area contributed by atoms with Crippen LogP contribution in [-0.4, -0.2) is 25.7 Å². The molecule has 1 aliphatic rings. The fourth-order valence-corrected chi connectivity index (χ4v) is 2.74. The third-order valence-corrected chi connectivity index (χ3v) is 3.86. The normalized spacial score (nSPS) is 17.6. The third kappa shape index (κ3) is 3.45. The van der Waals surface area contributed by atoms with E-state index in [9.17, 15) is 13.2 Å². The fourth-order valence-electron chi connectivity index (χ4n) is 2.74. The lowest BCUT2D eigenvalue weighted by molar-refractivity contribution is -0.137. The van der Waals surface area contributed by atoms with Crippen molar-refractivity contribution in [3.8, 4) is 0 Å². The maximum absolute atomic E-state index is 12.8. The van der Waals surface area contributed by atoms with Crippen LogP contribution in [0.1, 0.15) is 30.9 Å². The molecule has 1 heterocycles. The van der Waals surface area contributed by atoms with Gasteiger partial charge in [0.2, 0.25) is 0 Å². The molecule has 0 saturated carbocycles. The van der Waals surface area contributed by atoms with Gasteiger partial charge in [0.25, 0.3) is 0 Å². The zero-order chi connectivity index (χ0) is 14.8. The van der Waals surface area contributed by atoms with E-state index in [4.69, 9.17) is 0 Å². The van der Waals surface area contributed by atoms with Crippen LogP contribution in [0.5, 0.6) is 0 Å². The molecule has 2 rings (SSSR count). The molecule has 0 spiro atoms. The van der Waals surface area contributed by atoms with E-state index in [1.807, 2.05) is 6.92 Å². The second-order valence-electron chi connectivity index (χ2n) is 5.32. The molecule has 1 aromatic carbocycles. The second kappa shape index (κ2) is 6.04. The van der Waals surface area contributed by atoms with Crippen molar-refractivity contribution in [2.75, 3.05) is 24.5 Å². The lowest BCUT2D eigenvalue weighted by Gasteiger charge is -2.35. The van der Waals surface area contributed by atoms with Gasteiger partial charge in [0.05, 0.1) is 5.56 Å². The number of nitrogens with one attached hydrogen (secondary N) is 1. The number of benzene rings is 1. The van der Waals surface area contributed by atoms with E-state index < -0.39 is 11.7 Å². The first-order chi connectivity index (χ1) is 9.41. The van der Waals surface area contributed by atoms with Gasteiger partial charge in [-0.2, -0.15) is 13.2 Å². The van der Waals surface area contributed by atoms with Crippen LogP contribution in [0.3, 0.4) is 0 Å². The molecule has 0 atom stereocenters. The molecule has 1 saturated heterocycles. The summed E-state index contributed by atoms with van der Waals surface area (Å²) in [6.45, 7) is 6.49. The quantitative estimate of drug-likeness (QED) is 0.913. The molecule has 0 unspecified atom stereocenters. The summed E-state index contributed by atoms with van der Waals surface area (Å²) in [5.74, 6) is 0. The molecule has 0 aromatic heterocycles. The molecule has 112 valence electrons. The van der Waals surface area contributed by atoms with Gasteiger partial charge in [-0.15, -0.1) is 0 Å². The molecule has 1 aliphatic heterocycles. The minimum atomic E-state index is -4.27. The first kappa shape index (κ1) is 15.2. The highest BCUT2D eigenvalue weighted by Crippen LogP contribution is 2.34. The van der Waals surface area contributed by atoms with Crippen molar-refractivity contribution in [2.45, 2.75) is 38.9 Å². The summed E-state index contributed by atoms with van der Waals surface area (Å²) >= 11 is 0. The monoisotopic (exact) mass is 286 g/mol. The number of hydrogen-bond donors (Lipinski definition) is 1. The zero-order valence-corrected chi connectivity index (χ0v) is 11.9. The fraction of sp³-hybridized carbons (Fsp3) is 0.600. The Balaban J connectivity index is 2.13. The zero-order valence-electron chi connectivity index (χ0n) is 11.9. The van der Waals surface area contributed by atoms with E-state index in [0.717, 1.165) is 49.8 Å². The van der Waals surface area contributed by atoms with Crippen molar-refractivity contribution < 1.29 is 13.2 Å². The summed E-state index contributed by atoms with van der Waals surface area (Å²) in [5.41, 5.74) is 1.06. The molecule has 0 amide bonds. The number of piperidine rings is 1. The highest BCUT2D eigenvalue weighted by Gasteiger charge is 2.31. The molecule has 5 heteroatoms. The van der Waals surface area contributed by atoms with Crippen molar-refractivity contribution in [3.05, 3.63) is 29.3 Å². The van der Waals surface area contributed by atoms with Crippen molar-refractivity contribution >= 4 is 5.69 Å². The van der Waals surface area contributed by atoms with Crippen LogP contribution < -0.4 is 10.2 Å². The van der Waals surface area contributed by atoms with Gasteiger partial charge < -0.3 is 10.2 Å². The van der Waals surface area contributed by atoms with Crippen LogP contribution >= 0.6 is 0 Å². The van der Waals surface area contributed by atoms with Crippen LogP contribution in [0.15, 0.2) is 18.2 Å². The largest absolute Gasteiger partial charge is 0.416 e. The summed E-state index contributed by atoms with van der Waals surface area (Å²) in [7, 11) is 0. The van der Waals surface area contributed by atoms with Gasteiger partial charge in [-0.05, 0) is 44.0 Å². The van der Waals surface area contributed by atoms with Crippen LogP contribution in [0, 0.1) is 6.92 Å². The Morgan fingerprint density at radius 1 is 1.25 bits per heavy atom. The first-order valence-electron chi connectivity index (χ1n) is 7.08. The van der Waals surface area contributed by atoms with Gasteiger partial charge in [0.15, 0.2) is 0 Å². The SMILES string of the molecule is CCNC1CCN(c2cc(C(F)(F)F)ccc2C)CC1. The summed E-state index contributed by atoms with van der Waals surface area (Å²) in [5, 5.41) is 3.40. The molecule has 1 fully saturated rings. The molecule has 1 N–H and O–H groups in total. The summed E-state index contributed by atoms with van der Waals surface area (Å²) in [6, 6.07) is 4.49. The molecule has 2 nitrogen and oxygen atoms in total. The number of aryl methyl sites for hydroxylation is 1. The van der Waals surface area contributed by atoms with Gasteiger partial charge in [0.1, 0.15) is 0 Å². The van der Waals surface area contributed by atoms with Crippen LogP contribution in [0.2, 0.25) is 0 Å². The predicted molar refractivity (Wildman–Crippen MR) is 75.1 cm³/mol. The number of anilines is 1. The molecule has 0 radical (unpaired) electrons. The lowest BCUT2D eigenvalue weighted by atomic mass is 10.0. The molecular weight excluding hydrogens is 265 g/mol. The second-order valence-corrected chi connectivity index (χ2v) is 5.32. The topological polar surface area (TPSA) is 15.3 Å². The minimum absolute atomic E-state index is 0.488. The summed E-state index contributed by atoms with van der Waals surface area (Å²) in [6.07, 6.45) is -2.32. The summed E-state index contributed by atoms with van der Waals surface area (Å²) < 4.78 is 38.4. The average Bonchev–Trinajstić information content (AvgIpc) is 2.39. The van der Waals surface area contributed by atoms with Gasteiger partial charge in [-0.25, -0.2) is 0 Å². The number of alkyl halides is 3. The number of hydrogen-bond acceptors (Lipinski definition) is 2. The van der Waals surface area contributed by atoms with E-state index in [0.29, 0.717) is 6.04 Å². The molecular formula is C15H21F3N2. The van der Waals surface area contributed by atoms with Gasteiger partial charge >= 0.3 is 6.18 Å². The average molecular weight is 286 g/mol. The molecule has 0 bridgehead atoms. The lowest BCUT2D eigenvalue weighted by Crippen LogP contribution is -2.42. The molecule has 1 aromatic rings. The van der Waals surface area contributed by atoms with Gasteiger partial charge in [-0.3, -0.25) is 0 Å². The number of rotatable bonds is 3. The van der Waals surface area contributed by atoms with E-state index in [1.54, 1.807) is 6.07 Å². The van der Waals surface area contributed by atoms with Gasteiger partial charge in [0, 0.05) is 24.8 Å². The Morgan fingerprint density at radius 2 is 1.90 bits per heavy atom. The van der Waals surface area contributed by atoms with Crippen molar-refractivity contribution in [1.82, 2.24) is 5.32 Å². The Labute approximate surface area is 118 Å². The van der Waals surface area contributed by atoms with E-state index in [-0.39, 0.29) is 0 Å². The highest BCUT2D eigenvalue weighted by atomic mass is 19.4. The van der Waals surface area contributed by atoms with E-state index >= 15 is 0 Å². The first-order valence-corrected chi connectivity index (χ1v) is 7.08. The van der Waals surface area contributed by atoms with Crippen LogP contribution in [0.4, 0.5) is 18.9 Å². The highest BCUT2D eigenvalue weighted by molar-refractivity contribution is 5.55. The third-order valence-electron chi connectivity index (χ3n) is 3.86. The Bertz CT molecular complexity index is 449. The standard InChI is InChI=1S/C15H21F3N2/c1-3-19-13-6-8-20(9-7-13)14-10-12(15(16,17)18)5-4-11(14)2/h4-5,10,13,19H,3,6-9H2,1-2H3. The Hall–Kier alpha value is -1.23.